The fourth-order valence-electron chi connectivity index (χ4n) is 1.82. The van der Waals surface area contributed by atoms with Crippen LogP contribution in [0.25, 0.3) is 11.0 Å². The number of para-hydroxylation sites is 1. The minimum Gasteiger partial charge on any atom is -0.453 e. The van der Waals surface area contributed by atoms with E-state index in [1.807, 2.05) is 24.3 Å². The lowest BCUT2D eigenvalue weighted by molar-refractivity contribution is 0.103. The molecule has 2 heterocycles. The maximum Gasteiger partial charge on any atom is 0.245 e. The van der Waals surface area contributed by atoms with Gasteiger partial charge in [0.25, 0.3) is 0 Å². The topological polar surface area (TPSA) is 75.6 Å². The van der Waals surface area contributed by atoms with Crippen LogP contribution in [0.5, 0.6) is 0 Å². The van der Waals surface area contributed by atoms with Crippen LogP contribution in [0.2, 0.25) is 0 Å². The van der Waals surface area contributed by atoms with E-state index in [1.54, 1.807) is 12.1 Å². The molecular weight excluding hydrogens is 232 g/mol. The van der Waals surface area contributed by atoms with Gasteiger partial charge >= 0.3 is 0 Å². The number of carbonyl (C=O) groups excluding carboxylic acids is 1. The summed E-state index contributed by atoms with van der Waals surface area (Å²) in [5, 5.41) is 13.1. The van der Waals surface area contributed by atoms with Gasteiger partial charge in [0.1, 0.15) is 17.4 Å². The molecule has 0 saturated carbocycles. The molecule has 0 aliphatic carbocycles. The van der Waals surface area contributed by atoms with Crippen LogP contribution in [0.3, 0.4) is 0 Å². The van der Waals surface area contributed by atoms with Crippen LogP contribution in [0.4, 0.5) is 0 Å². The van der Waals surface area contributed by atoms with Crippen LogP contribution in [-0.2, 0) is 4.84 Å². The van der Waals surface area contributed by atoms with Gasteiger partial charge in [0, 0.05) is 5.39 Å². The van der Waals surface area contributed by atoms with E-state index in [2.05, 4.69) is 5.16 Å². The van der Waals surface area contributed by atoms with Crippen molar-refractivity contribution in [3.05, 3.63) is 36.1 Å². The first-order chi connectivity index (χ1) is 8.78. The molecular formula is C13H8N2O3. The lowest BCUT2D eigenvalue weighted by Gasteiger charge is -1.93. The van der Waals surface area contributed by atoms with Gasteiger partial charge < -0.3 is 9.25 Å². The van der Waals surface area contributed by atoms with Crippen molar-refractivity contribution < 1.29 is 14.0 Å². The lowest BCUT2D eigenvalue weighted by atomic mass is 10.1. The van der Waals surface area contributed by atoms with E-state index < -0.39 is 6.10 Å². The summed E-state index contributed by atoms with van der Waals surface area (Å²) >= 11 is 0. The zero-order chi connectivity index (χ0) is 12.5. The van der Waals surface area contributed by atoms with Crippen LogP contribution in [0.1, 0.15) is 17.0 Å². The predicted octanol–water partition coefficient (Wildman–Crippen LogP) is 2.28. The van der Waals surface area contributed by atoms with Crippen LogP contribution in [0.15, 0.2) is 39.9 Å². The Balaban J connectivity index is 1.91. The van der Waals surface area contributed by atoms with E-state index >= 15 is 0 Å². The number of nitriles is 1. The molecule has 0 radical (unpaired) electrons. The Kier molecular flexibility index (Phi) is 2.34. The Morgan fingerprint density at radius 2 is 2.28 bits per heavy atom. The molecule has 0 N–H and O–H groups in total. The summed E-state index contributed by atoms with van der Waals surface area (Å²) in [6, 6.07) is 10.9. The second kappa shape index (κ2) is 4.00. The standard InChI is InChI=1S/C13H8N2O3/c14-7-9-6-10(15-18-9)13(16)12-5-8-3-1-2-4-11(8)17-12/h1-5,9H,6H2. The van der Waals surface area contributed by atoms with Gasteiger partial charge in [-0.2, -0.15) is 5.26 Å². The third-order valence-electron chi connectivity index (χ3n) is 2.72. The van der Waals surface area contributed by atoms with Gasteiger partial charge in [-0.05, 0) is 12.1 Å². The summed E-state index contributed by atoms with van der Waals surface area (Å²) in [6.07, 6.45) is -0.472. The number of carbonyl (C=O) groups is 1. The van der Waals surface area contributed by atoms with Crippen molar-refractivity contribution in [3.8, 4) is 6.07 Å². The van der Waals surface area contributed by atoms with E-state index in [1.165, 1.54) is 0 Å². The quantitative estimate of drug-likeness (QED) is 0.754. The number of benzene rings is 1. The third kappa shape index (κ3) is 1.64. The van der Waals surface area contributed by atoms with E-state index in [9.17, 15) is 4.79 Å². The maximum absolute atomic E-state index is 12.1. The molecule has 0 bridgehead atoms. The van der Waals surface area contributed by atoms with Crippen molar-refractivity contribution in [2.75, 3.05) is 0 Å². The number of ketones is 1. The molecule has 0 saturated heterocycles. The molecule has 3 rings (SSSR count). The summed E-state index contributed by atoms with van der Waals surface area (Å²) in [5.74, 6) is -0.110. The van der Waals surface area contributed by atoms with Crippen LogP contribution in [-0.4, -0.2) is 17.6 Å². The van der Waals surface area contributed by atoms with Crippen molar-refractivity contribution in [1.82, 2.24) is 0 Å². The number of hydrogen-bond donors (Lipinski definition) is 0. The largest absolute Gasteiger partial charge is 0.453 e. The first kappa shape index (κ1) is 10.5. The van der Waals surface area contributed by atoms with Crippen molar-refractivity contribution in [3.63, 3.8) is 0 Å². The zero-order valence-electron chi connectivity index (χ0n) is 9.29. The number of rotatable bonds is 2. The Bertz CT molecular complexity index is 661. The fraction of sp³-hybridized carbons (Fsp3) is 0.154. The smallest absolute Gasteiger partial charge is 0.245 e. The van der Waals surface area contributed by atoms with Gasteiger partial charge in [0.15, 0.2) is 5.76 Å². The molecule has 0 amide bonds. The highest BCUT2D eigenvalue weighted by Gasteiger charge is 2.28. The minimum absolute atomic E-state index is 0.201. The van der Waals surface area contributed by atoms with E-state index in [4.69, 9.17) is 14.5 Å². The van der Waals surface area contributed by atoms with E-state index in [0.717, 1.165) is 5.39 Å². The first-order valence-corrected chi connectivity index (χ1v) is 5.43. The number of nitrogens with zero attached hydrogens (tertiary/aromatic N) is 2. The lowest BCUT2D eigenvalue weighted by Crippen LogP contribution is -2.14. The highest BCUT2D eigenvalue weighted by molar-refractivity contribution is 6.45. The molecule has 5 heteroatoms. The zero-order valence-corrected chi connectivity index (χ0v) is 9.29. The van der Waals surface area contributed by atoms with Crippen molar-refractivity contribution >= 4 is 22.5 Å². The molecule has 1 aromatic carbocycles. The molecule has 5 nitrogen and oxygen atoms in total. The van der Waals surface area contributed by atoms with Crippen LogP contribution < -0.4 is 0 Å². The van der Waals surface area contributed by atoms with E-state index in [0.29, 0.717) is 5.58 Å². The highest BCUT2D eigenvalue weighted by Crippen LogP contribution is 2.21. The maximum atomic E-state index is 12.1. The van der Waals surface area contributed by atoms with E-state index in [-0.39, 0.29) is 23.7 Å². The van der Waals surface area contributed by atoms with Crippen molar-refractivity contribution in [1.29, 1.82) is 5.26 Å². The molecule has 18 heavy (non-hydrogen) atoms. The molecule has 0 fully saturated rings. The summed E-state index contributed by atoms with van der Waals surface area (Å²) < 4.78 is 5.44. The molecule has 2 aromatic rings. The van der Waals surface area contributed by atoms with Gasteiger partial charge in [-0.3, -0.25) is 4.79 Å². The molecule has 1 aromatic heterocycles. The Labute approximate surface area is 102 Å². The number of Topliss-reactive ketones (excluding diaryl/α,β-unsaturated/α-hetero) is 1. The monoisotopic (exact) mass is 240 g/mol. The molecule has 1 unspecified atom stereocenters. The molecule has 1 aliphatic heterocycles. The molecule has 0 spiro atoms. The van der Waals surface area contributed by atoms with Gasteiger partial charge in [0.05, 0.1) is 6.42 Å². The number of hydrogen-bond acceptors (Lipinski definition) is 5. The van der Waals surface area contributed by atoms with Crippen LogP contribution >= 0.6 is 0 Å². The number of fused-ring (bicyclic) bond motifs is 1. The summed E-state index contributed by atoms with van der Waals surface area (Å²) in [5.41, 5.74) is 0.873. The minimum atomic E-state index is -0.673. The van der Waals surface area contributed by atoms with Crippen molar-refractivity contribution in [2.24, 2.45) is 5.16 Å². The normalized spacial score (nSPS) is 18.2. The summed E-state index contributed by atoms with van der Waals surface area (Å²) in [6.45, 7) is 0. The van der Waals surface area contributed by atoms with Gasteiger partial charge in [0.2, 0.25) is 11.9 Å². The average Bonchev–Trinajstić information content (AvgIpc) is 3.04. The third-order valence-corrected chi connectivity index (χ3v) is 2.72. The Morgan fingerprint density at radius 3 is 3.00 bits per heavy atom. The van der Waals surface area contributed by atoms with Gasteiger partial charge in [-0.15, -0.1) is 0 Å². The fourth-order valence-corrected chi connectivity index (χ4v) is 1.82. The first-order valence-electron chi connectivity index (χ1n) is 5.43. The number of oxime groups is 1. The van der Waals surface area contributed by atoms with Gasteiger partial charge in [-0.1, -0.05) is 23.4 Å². The highest BCUT2D eigenvalue weighted by atomic mass is 16.6. The molecule has 1 atom stereocenters. The molecule has 1 aliphatic rings. The Morgan fingerprint density at radius 1 is 1.44 bits per heavy atom. The van der Waals surface area contributed by atoms with Crippen LogP contribution in [0, 0.1) is 11.3 Å². The second-order valence-electron chi connectivity index (χ2n) is 3.94. The number of furan rings is 1. The Hall–Kier alpha value is -2.61. The second-order valence-corrected chi connectivity index (χ2v) is 3.94. The average molecular weight is 240 g/mol. The summed E-state index contributed by atoms with van der Waals surface area (Å²) in [7, 11) is 0. The predicted molar refractivity (Wildman–Crippen MR) is 63.1 cm³/mol. The SMILES string of the molecule is N#CC1CC(C(=O)c2cc3ccccc3o2)=NO1. The van der Waals surface area contributed by atoms with Crippen molar-refractivity contribution in [2.45, 2.75) is 12.5 Å². The van der Waals surface area contributed by atoms with Gasteiger partial charge in [-0.25, -0.2) is 0 Å². The molecule has 88 valence electrons. The summed E-state index contributed by atoms with van der Waals surface area (Å²) in [4.78, 5) is 16.9.